The van der Waals surface area contributed by atoms with E-state index in [4.69, 9.17) is 0 Å². The summed E-state index contributed by atoms with van der Waals surface area (Å²) in [6.07, 6.45) is 1.07. The molecule has 2 N–H and O–H groups in total. The van der Waals surface area contributed by atoms with Gasteiger partial charge in [0.1, 0.15) is 5.54 Å². The number of aromatic nitrogens is 1. The molecule has 2 atom stereocenters. The molecular weight excluding hydrogens is 408 g/mol. The summed E-state index contributed by atoms with van der Waals surface area (Å²) in [5, 5.41) is 12.7. The van der Waals surface area contributed by atoms with Crippen LogP contribution in [0.4, 0.5) is 0 Å². The largest absolute Gasteiger partial charge is 0.480 e. The first kappa shape index (κ1) is 19.8. The van der Waals surface area contributed by atoms with Crippen LogP contribution in [-0.4, -0.2) is 30.0 Å². The lowest BCUT2D eigenvalue weighted by atomic mass is 10.1. The second-order valence-corrected chi connectivity index (χ2v) is 9.68. The first-order chi connectivity index (χ1) is 13.9. The summed E-state index contributed by atoms with van der Waals surface area (Å²) in [4.78, 5) is 16.4. The van der Waals surface area contributed by atoms with Crippen LogP contribution >= 0.6 is 11.3 Å². The molecule has 3 aromatic rings. The summed E-state index contributed by atoms with van der Waals surface area (Å²) in [6.45, 7) is 2.03. The van der Waals surface area contributed by atoms with Crippen molar-refractivity contribution < 1.29 is 18.3 Å². The van der Waals surface area contributed by atoms with Crippen LogP contribution in [0.3, 0.4) is 0 Å². The molecule has 1 aliphatic carbocycles. The summed E-state index contributed by atoms with van der Waals surface area (Å²) >= 11 is 1.56. The molecule has 29 heavy (non-hydrogen) atoms. The van der Waals surface area contributed by atoms with Crippen LogP contribution < -0.4 is 4.72 Å². The molecule has 4 rings (SSSR count). The number of sulfonamides is 1. The Morgan fingerprint density at radius 1 is 1.21 bits per heavy atom. The Morgan fingerprint density at radius 2 is 1.90 bits per heavy atom. The van der Waals surface area contributed by atoms with E-state index in [2.05, 4.69) is 9.71 Å². The number of carbonyl (C=O) groups is 1. The molecule has 1 heterocycles. The van der Waals surface area contributed by atoms with Crippen molar-refractivity contribution in [2.45, 2.75) is 36.1 Å². The lowest BCUT2D eigenvalue weighted by Gasteiger charge is -2.15. The van der Waals surface area contributed by atoms with Crippen molar-refractivity contribution in [2.75, 3.05) is 0 Å². The maximum absolute atomic E-state index is 12.9. The fourth-order valence-electron chi connectivity index (χ4n) is 3.45. The molecule has 0 aliphatic heterocycles. The van der Waals surface area contributed by atoms with Crippen LogP contribution in [0, 0.1) is 0 Å². The van der Waals surface area contributed by atoms with E-state index in [-0.39, 0.29) is 11.3 Å². The summed E-state index contributed by atoms with van der Waals surface area (Å²) < 4.78 is 28.2. The molecule has 0 bridgehead atoms. The third kappa shape index (κ3) is 3.71. The predicted octanol–water partition coefficient (Wildman–Crippen LogP) is 3.66. The molecule has 1 fully saturated rings. The zero-order valence-electron chi connectivity index (χ0n) is 15.7. The number of aryl methyl sites for hydroxylation is 1. The Hall–Kier alpha value is -2.55. The number of hydrogen-bond donors (Lipinski definition) is 2. The first-order valence-electron chi connectivity index (χ1n) is 9.23. The number of carboxylic acid groups (broad SMARTS) is 1. The molecule has 8 heteroatoms. The number of nitrogens with one attached hydrogen (secondary N) is 1. The lowest BCUT2D eigenvalue weighted by Crippen LogP contribution is -2.44. The minimum atomic E-state index is -3.99. The van der Waals surface area contributed by atoms with Crippen molar-refractivity contribution in [1.29, 1.82) is 0 Å². The molecule has 1 saturated carbocycles. The van der Waals surface area contributed by atoms with Crippen LogP contribution in [0.15, 0.2) is 64.9 Å². The van der Waals surface area contributed by atoms with Crippen molar-refractivity contribution in [3.63, 3.8) is 0 Å². The number of rotatable bonds is 7. The highest BCUT2D eigenvalue weighted by Crippen LogP contribution is 2.52. The van der Waals surface area contributed by atoms with Crippen molar-refractivity contribution in [3.8, 4) is 11.3 Å². The van der Waals surface area contributed by atoms with Gasteiger partial charge >= 0.3 is 5.97 Å². The fourth-order valence-corrected chi connectivity index (χ4v) is 5.61. The molecule has 1 aliphatic rings. The summed E-state index contributed by atoms with van der Waals surface area (Å²) in [7, 11) is -3.99. The van der Waals surface area contributed by atoms with Crippen molar-refractivity contribution in [2.24, 2.45) is 0 Å². The highest BCUT2D eigenvalue weighted by atomic mass is 32.2. The van der Waals surface area contributed by atoms with Gasteiger partial charge in [-0.15, -0.1) is 11.3 Å². The van der Waals surface area contributed by atoms with Gasteiger partial charge in [0.25, 0.3) is 0 Å². The molecule has 1 aromatic heterocycles. The highest BCUT2D eigenvalue weighted by molar-refractivity contribution is 7.89. The standard InChI is InChI=1S/C21H20N2O4S2/c1-2-19-22-18(13-28-19)15-8-10-16(11-9-15)29(26,27)23-21(20(24)25)12-17(21)14-6-4-3-5-7-14/h3-11,13,17,23H,2,12H2,1H3,(H,24,25). The lowest BCUT2D eigenvalue weighted by molar-refractivity contribution is -0.140. The summed E-state index contributed by atoms with van der Waals surface area (Å²) in [5.41, 5.74) is 0.922. The van der Waals surface area contributed by atoms with Crippen LogP contribution in [0.25, 0.3) is 11.3 Å². The fraction of sp³-hybridized carbons (Fsp3) is 0.238. The van der Waals surface area contributed by atoms with Crippen LogP contribution in [-0.2, 0) is 21.2 Å². The van der Waals surface area contributed by atoms with E-state index in [0.29, 0.717) is 0 Å². The smallest absolute Gasteiger partial charge is 0.325 e. The van der Waals surface area contributed by atoms with Gasteiger partial charge < -0.3 is 5.11 Å². The Balaban J connectivity index is 1.57. The van der Waals surface area contributed by atoms with Crippen molar-refractivity contribution in [3.05, 3.63) is 70.5 Å². The van der Waals surface area contributed by atoms with Gasteiger partial charge in [0.15, 0.2) is 0 Å². The van der Waals surface area contributed by atoms with Crippen molar-refractivity contribution >= 4 is 27.3 Å². The Labute approximate surface area is 173 Å². The third-order valence-corrected chi connectivity index (χ3v) is 7.69. The maximum Gasteiger partial charge on any atom is 0.325 e. The average Bonchev–Trinajstić information content (AvgIpc) is 3.24. The number of carboxylic acids is 1. The van der Waals surface area contributed by atoms with Gasteiger partial charge in [-0.3, -0.25) is 4.79 Å². The van der Waals surface area contributed by atoms with Gasteiger partial charge in [-0.2, -0.15) is 4.72 Å². The predicted molar refractivity (Wildman–Crippen MR) is 111 cm³/mol. The molecule has 0 amide bonds. The minimum absolute atomic E-state index is 0.0338. The SMILES string of the molecule is CCc1nc(-c2ccc(S(=O)(=O)NC3(C(=O)O)CC3c3ccccc3)cc2)cs1. The first-order valence-corrected chi connectivity index (χ1v) is 11.6. The maximum atomic E-state index is 12.9. The highest BCUT2D eigenvalue weighted by Gasteiger charge is 2.63. The van der Waals surface area contributed by atoms with Gasteiger partial charge in [0.2, 0.25) is 10.0 Å². The van der Waals surface area contributed by atoms with E-state index in [1.165, 1.54) is 12.1 Å². The van der Waals surface area contributed by atoms with E-state index >= 15 is 0 Å². The number of aliphatic carboxylic acids is 1. The molecule has 0 saturated heterocycles. The van der Waals surface area contributed by atoms with Gasteiger partial charge in [-0.1, -0.05) is 49.4 Å². The topological polar surface area (TPSA) is 96.4 Å². The molecule has 0 radical (unpaired) electrons. The molecular formula is C21H20N2O4S2. The third-order valence-electron chi connectivity index (χ3n) is 5.18. The number of nitrogens with zero attached hydrogens (tertiary/aromatic N) is 1. The number of hydrogen-bond acceptors (Lipinski definition) is 5. The molecule has 2 aromatic carbocycles. The summed E-state index contributed by atoms with van der Waals surface area (Å²) in [5.74, 6) is -1.56. The quantitative estimate of drug-likeness (QED) is 0.599. The van der Waals surface area contributed by atoms with E-state index in [0.717, 1.165) is 28.2 Å². The molecule has 150 valence electrons. The second kappa shape index (κ2) is 7.37. The van der Waals surface area contributed by atoms with Crippen LogP contribution in [0.1, 0.15) is 29.8 Å². The Kier molecular flexibility index (Phi) is 5.02. The van der Waals surface area contributed by atoms with Gasteiger partial charge in [-0.05, 0) is 30.5 Å². The zero-order valence-corrected chi connectivity index (χ0v) is 17.3. The van der Waals surface area contributed by atoms with Gasteiger partial charge in [-0.25, -0.2) is 13.4 Å². The van der Waals surface area contributed by atoms with Crippen molar-refractivity contribution in [1.82, 2.24) is 9.71 Å². The van der Waals surface area contributed by atoms with E-state index < -0.39 is 27.4 Å². The Morgan fingerprint density at radius 3 is 2.48 bits per heavy atom. The molecule has 6 nitrogen and oxygen atoms in total. The molecule has 0 spiro atoms. The summed E-state index contributed by atoms with van der Waals surface area (Å²) in [6, 6.07) is 15.5. The number of thiazole rings is 1. The van der Waals surface area contributed by atoms with Crippen LogP contribution in [0.2, 0.25) is 0 Å². The van der Waals surface area contributed by atoms with Gasteiger partial charge in [0, 0.05) is 16.9 Å². The van der Waals surface area contributed by atoms with E-state index in [9.17, 15) is 18.3 Å². The van der Waals surface area contributed by atoms with Gasteiger partial charge in [0.05, 0.1) is 15.6 Å². The molecule has 2 unspecified atom stereocenters. The zero-order chi connectivity index (χ0) is 20.6. The Bertz CT molecular complexity index is 1140. The monoisotopic (exact) mass is 428 g/mol. The average molecular weight is 429 g/mol. The van der Waals surface area contributed by atoms with E-state index in [1.807, 2.05) is 42.6 Å². The van der Waals surface area contributed by atoms with Crippen LogP contribution in [0.5, 0.6) is 0 Å². The normalized spacial score (nSPS) is 21.1. The van der Waals surface area contributed by atoms with E-state index in [1.54, 1.807) is 23.5 Å². The second-order valence-electron chi connectivity index (χ2n) is 7.05. The minimum Gasteiger partial charge on any atom is -0.480 e. The number of benzene rings is 2.